The molecule has 2 aromatic rings. The highest BCUT2D eigenvalue weighted by molar-refractivity contribution is 5.90. The molecular formula is C25H32N2O3. The van der Waals surface area contributed by atoms with Gasteiger partial charge in [-0.1, -0.05) is 48.9 Å². The Balaban J connectivity index is 1.34. The number of carbonyl (C=O) groups is 1. The van der Waals surface area contributed by atoms with Gasteiger partial charge in [0.15, 0.2) is 11.4 Å². The molecule has 2 aliphatic rings. The molecule has 1 atom stereocenters. The van der Waals surface area contributed by atoms with Crippen LogP contribution in [0.15, 0.2) is 54.6 Å². The minimum Gasteiger partial charge on any atom is -0.497 e. The third-order valence-corrected chi connectivity index (χ3v) is 6.73. The number of Topliss-reactive ketones (excluding diaryl/α,β-unsaturated/α-hetero) is 1. The van der Waals surface area contributed by atoms with E-state index < -0.39 is 5.60 Å². The molecule has 1 aliphatic heterocycles. The van der Waals surface area contributed by atoms with E-state index in [0.717, 1.165) is 63.3 Å². The quantitative estimate of drug-likeness (QED) is 0.728. The Morgan fingerprint density at radius 2 is 1.63 bits per heavy atom. The van der Waals surface area contributed by atoms with Gasteiger partial charge in [0.25, 0.3) is 0 Å². The fourth-order valence-corrected chi connectivity index (χ4v) is 4.56. The molecule has 2 aromatic carbocycles. The number of hydrogen-bond donors (Lipinski definition) is 1. The van der Waals surface area contributed by atoms with Gasteiger partial charge in [0, 0.05) is 32.7 Å². The monoisotopic (exact) mass is 408 g/mol. The molecule has 0 aromatic heterocycles. The molecule has 0 spiro atoms. The molecule has 0 radical (unpaired) electrons. The van der Waals surface area contributed by atoms with E-state index in [2.05, 4.69) is 21.9 Å². The zero-order valence-corrected chi connectivity index (χ0v) is 17.8. The summed E-state index contributed by atoms with van der Waals surface area (Å²) >= 11 is 0. The smallest absolute Gasteiger partial charge is 0.183 e. The lowest BCUT2D eigenvalue weighted by molar-refractivity contribution is -0.151. The van der Waals surface area contributed by atoms with Gasteiger partial charge in [0.05, 0.1) is 13.7 Å². The van der Waals surface area contributed by atoms with Crippen molar-refractivity contribution in [1.29, 1.82) is 0 Å². The summed E-state index contributed by atoms with van der Waals surface area (Å²) in [6.45, 7) is 4.76. The molecule has 1 aliphatic carbocycles. The topological polar surface area (TPSA) is 53.0 Å². The summed E-state index contributed by atoms with van der Waals surface area (Å²) < 4.78 is 5.23. The molecule has 5 heteroatoms. The average Bonchev–Trinajstić information content (AvgIpc) is 2.75. The van der Waals surface area contributed by atoms with Crippen LogP contribution in [-0.4, -0.2) is 60.5 Å². The zero-order valence-electron chi connectivity index (χ0n) is 17.8. The fourth-order valence-electron chi connectivity index (χ4n) is 4.56. The standard InChI is InChI=1S/C25H32N2O3/c1-30-23-12-10-20(11-13-23)18-26-14-16-27(17-15-26)19-24(28)25(29,22-8-5-9-22)21-6-3-2-4-7-21/h2-4,6-7,10-13,22,29H,5,8-9,14-19H2,1H3. The number of piperazine rings is 1. The van der Waals surface area contributed by atoms with Gasteiger partial charge in [0.2, 0.25) is 0 Å². The van der Waals surface area contributed by atoms with Gasteiger partial charge in [-0.25, -0.2) is 0 Å². The molecule has 1 saturated heterocycles. The molecule has 1 heterocycles. The van der Waals surface area contributed by atoms with Crippen molar-refractivity contribution in [3.8, 4) is 5.75 Å². The van der Waals surface area contributed by atoms with Crippen molar-refractivity contribution < 1.29 is 14.6 Å². The summed E-state index contributed by atoms with van der Waals surface area (Å²) in [5, 5.41) is 11.5. The molecule has 2 fully saturated rings. The van der Waals surface area contributed by atoms with E-state index in [1.54, 1.807) is 7.11 Å². The first-order chi connectivity index (χ1) is 14.6. The minimum atomic E-state index is -1.35. The largest absolute Gasteiger partial charge is 0.497 e. The van der Waals surface area contributed by atoms with Crippen LogP contribution in [0.4, 0.5) is 0 Å². The summed E-state index contributed by atoms with van der Waals surface area (Å²) in [4.78, 5) is 17.9. The second kappa shape index (κ2) is 9.29. The maximum Gasteiger partial charge on any atom is 0.183 e. The molecule has 0 bridgehead atoms. The van der Waals surface area contributed by atoms with E-state index in [4.69, 9.17) is 4.74 Å². The second-order valence-corrected chi connectivity index (χ2v) is 8.58. The van der Waals surface area contributed by atoms with Crippen LogP contribution in [0.3, 0.4) is 0 Å². The van der Waals surface area contributed by atoms with E-state index in [0.29, 0.717) is 6.54 Å². The van der Waals surface area contributed by atoms with Crippen LogP contribution < -0.4 is 4.74 Å². The fraction of sp³-hybridized carbons (Fsp3) is 0.480. The molecule has 4 rings (SSSR count). The molecular weight excluding hydrogens is 376 g/mol. The molecule has 5 nitrogen and oxygen atoms in total. The van der Waals surface area contributed by atoms with Crippen LogP contribution in [0, 0.1) is 5.92 Å². The van der Waals surface area contributed by atoms with Crippen LogP contribution in [0.25, 0.3) is 0 Å². The third kappa shape index (κ3) is 4.43. The Kier molecular flexibility index (Phi) is 6.52. The van der Waals surface area contributed by atoms with Gasteiger partial charge in [-0.3, -0.25) is 14.6 Å². The van der Waals surface area contributed by atoms with Crippen molar-refractivity contribution in [2.24, 2.45) is 5.92 Å². The van der Waals surface area contributed by atoms with E-state index in [9.17, 15) is 9.90 Å². The number of carbonyl (C=O) groups excluding carboxylic acids is 1. The number of aliphatic hydroxyl groups is 1. The van der Waals surface area contributed by atoms with Crippen molar-refractivity contribution in [3.63, 3.8) is 0 Å². The number of hydrogen-bond acceptors (Lipinski definition) is 5. The van der Waals surface area contributed by atoms with E-state index >= 15 is 0 Å². The Morgan fingerprint density at radius 1 is 1.00 bits per heavy atom. The number of rotatable bonds is 8. The van der Waals surface area contributed by atoms with Crippen molar-refractivity contribution in [3.05, 3.63) is 65.7 Å². The number of nitrogens with zero attached hydrogens (tertiary/aromatic N) is 2. The third-order valence-electron chi connectivity index (χ3n) is 6.73. The number of benzene rings is 2. The summed E-state index contributed by atoms with van der Waals surface area (Å²) in [6, 6.07) is 17.7. The lowest BCUT2D eigenvalue weighted by Crippen LogP contribution is -2.53. The predicted molar refractivity (Wildman–Crippen MR) is 117 cm³/mol. The van der Waals surface area contributed by atoms with Crippen LogP contribution in [0.1, 0.15) is 30.4 Å². The van der Waals surface area contributed by atoms with Gasteiger partial charge >= 0.3 is 0 Å². The Labute approximate surface area is 179 Å². The molecule has 1 N–H and O–H groups in total. The van der Waals surface area contributed by atoms with Gasteiger partial charge in [-0.15, -0.1) is 0 Å². The first-order valence-electron chi connectivity index (χ1n) is 11.0. The molecule has 30 heavy (non-hydrogen) atoms. The van der Waals surface area contributed by atoms with Crippen molar-refractivity contribution >= 4 is 5.78 Å². The van der Waals surface area contributed by atoms with E-state index in [1.807, 2.05) is 42.5 Å². The van der Waals surface area contributed by atoms with Gasteiger partial charge in [0.1, 0.15) is 5.75 Å². The van der Waals surface area contributed by atoms with Gasteiger partial charge < -0.3 is 9.84 Å². The highest BCUT2D eigenvalue weighted by atomic mass is 16.5. The maximum atomic E-state index is 13.3. The normalized spacial score (nSPS) is 20.3. The zero-order chi connectivity index (χ0) is 21.0. The number of ether oxygens (including phenoxy) is 1. The summed E-state index contributed by atoms with van der Waals surface area (Å²) in [7, 11) is 1.68. The minimum absolute atomic E-state index is 0.0451. The first kappa shape index (κ1) is 21.0. The van der Waals surface area contributed by atoms with E-state index in [-0.39, 0.29) is 11.7 Å². The predicted octanol–water partition coefficient (Wildman–Crippen LogP) is 3.07. The average molecular weight is 409 g/mol. The molecule has 1 saturated carbocycles. The number of ketones is 1. The second-order valence-electron chi connectivity index (χ2n) is 8.58. The van der Waals surface area contributed by atoms with Crippen LogP contribution in [-0.2, 0) is 16.9 Å². The van der Waals surface area contributed by atoms with Gasteiger partial charge in [-0.05, 0) is 42.0 Å². The Morgan fingerprint density at radius 3 is 2.20 bits per heavy atom. The SMILES string of the molecule is COc1ccc(CN2CCN(CC(=O)C(O)(c3ccccc3)C3CCC3)CC2)cc1. The summed E-state index contributed by atoms with van der Waals surface area (Å²) in [5.74, 6) is 0.866. The van der Waals surface area contributed by atoms with Crippen LogP contribution in [0.5, 0.6) is 5.75 Å². The Hall–Kier alpha value is -2.21. The maximum absolute atomic E-state index is 13.3. The lowest BCUT2D eigenvalue weighted by Gasteiger charge is -2.42. The lowest BCUT2D eigenvalue weighted by atomic mass is 9.67. The molecule has 1 unspecified atom stereocenters. The number of methoxy groups -OCH3 is 1. The summed E-state index contributed by atoms with van der Waals surface area (Å²) in [5.41, 5.74) is 0.668. The van der Waals surface area contributed by atoms with Crippen LogP contribution in [0.2, 0.25) is 0 Å². The van der Waals surface area contributed by atoms with Crippen molar-refractivity contribution in [2.75, 3.05) is 39.8 Å². The molecule has 0 amide bonds. The molecule has 160 valence electrons. The van der Waals surface area contributed by atoms with E-state index in [1.165, 1.54) is 5.56 Å². The summed E-state index contributed by atoms with van der Waals surface area (Å²) in [6.07, 6.45) is 2.94. The van der Waals surface area contributed by atoms with Crippen molar-refractivity contribution in [1.82, 2.24) is 9.80 Å². The highest BCUT2D eigenvalue weighted by Crippen LogP contribution is 2.43. The Bertz CT molecular complexity index is 827. The van der Waals surface area contributed by atoms with Crippen molar-refractivity contribution in [2.45, 2.75) is 31.4 Å². The van der Waals surface area contributed by atoms with Gasteiger partial charge in [-0.2, -0.15) is 0 Å². The van der Waals surface area contributed by atoms with Crippen LogP contribution >= 0.6 is 0 Å². The first-order valence-corrected chi connectivity index (χ1v) is 11.0. The highest BCUT2D eigenvalue weighted by Gasteiger charge is 2.47.